The van der Waals surface area contributed by atoms with Crippen molar-refractivity contribution in [3.8, 4) is 0 Å². The summed E-state index contributed by atoms with van der Waals surface area (Å²) in [6.07, 6.45) is 2.99. The molecule has 1 N–H and O–H groups in total. The fourth-order valence-electron chi connectivity index (χ4n) is 1.92. The third-order valence-corrected chi connectivity index (χ3v) is 3.57. The summed E-state index contributed by atoms with van der Waals surface area (Å²) in [5, 5.41) is 4.59. The van der Waals surface area contributed by atoms with E-state index < -0.39 is 5.91 Å². The number of nitrogens with one attached hydrogen (secondary N) is 1. The Labute approximate surface area is 142 Å². The third kappa shape index (κ3) is 3.64. The fourth-order valence-corrected chi connectivity index (χ4v) is 2.30. The van der Waals surface area contributed by atoms with E-state index in [0.717, 1.165) is 11.0 Å². The number of carbonyl (C=O) groups is 1. The number of amides is 1. The van der Waals surface area contributed by atoms with E-state index in [2.05, 4.69) is 20.5 Å². The smallest absolute Gasteiger partial charge is 0.267 e. The Morgan fingerprint density at radius 2 is 1.91 bits per heavy atom. The number of hydrogen-bond donors (Lipinski definition) is 1. The van der Waals surface area contributed by atoms with Gasteiger partial charge in [-0.1, -0.05) is 35.3 Å². The lowest BCUT2D eigenvalue weighted by Gasteiger charge is -2.03. The summed E-state index contributed by atoms with van der Waals surface area (Å²) in [6, 6.07) is 12.1. The monoisotopic (exact) mass is 344 g/mol. The van der Waals surface area contributed by atoms with Gasteiger partial charge in [0.15, 0.2) is 0 Å². The van der Waals surface area contributed by atoms with Crippen LogP contribution in [0.3, 0.4) is 0 Å². The normalized spacial score (nSPS) is 11.0. The summed E-state index contributed by atoms with van der Waals surface area (Å²) in [5.74, 6) is -0.456. The number of nitrogens with zero attached hydrogens (tertiary/aromatic N) is 3. The van der Waals surface area contributed by atoms with Crippen LogP contribution >= 0.6 is 23.2 Å². The Bertz CT molecular complexity index is 911. The van der Waals surface area contributed by atoms with Crippen LogP contribution in [0.15, 0.2) is 53.8 Å². The molecule has 0 saturated heterocycles. The number of benzene rings is 2. The number of para-hydroxylation sites is 2. The van der Waals surface area contributed by atoms with E-state index in [0.29, 0.717) is 15.7 Å². The average molecular weight is 345 g/mol. The van der Waals surface area contributed by atoms with Crippen molar-refractivity contribution in [1.29, 1.82) is 0 Å². The first-order chi connectivity index (χ1) is 11.1. The van der Waals surface area contributed by atoms with Crippen LogP contribution in [0.25, 0.3) is 11.0 Å². The fraction of sp³-hybridized carbons (Fsp3) is 0. The predicted octanol–water partition coefficient (Wildman–Crippen LogP) is 3.70. The van der Waals surface area contributed by atoms with Gasteiger partial charge in [-0.2, -0.15) is 5.10 Å². The Kier molecular flexibility index (Phi) is 4.50. The maximum Gasteiger partial charge on any atom is 0.272 e. The second-order valence-corrected chi connectivity index (χ2v) is 5.45. The van der Waals surface area contributed by atoms with Crippen molar-refractivity contribution < 1.29 is 4.79 Å². The van der Waals surface area contributed by atoms with Gasteiger partial charge in [-0.25, -0.2) is 10.4 Å². The molecule has 0 atom stereocenters. The van der Waals surface area contributed by atoms with Crippen molar-refractivity contribution in [3.63, 3.8) is 0 Å². The minimum Gasteiger partial charge on any atom is -0.267 e. The first-order valence-electron chi connectivity index (χ1n) is 6.64. The van der Waals surface area contributed by atoms with Crippen LogP contribution in [0.5, 0.6) is 0 Å². The molecule has 0 bridgehead atoms. The van der Waals surface area contributed by atoms with Crippen molar-refractivity contribution >= 4 is 46.4 Å². The molecular weight excluding hydrogens is 335 g/mol. The molecule has 0 saturated carbocycles. The molecule has 7 heteroatoms. The molecule has 0 aliphatic rings. The van der Waals surface area contributed by atoms with Gasteiger partial charge < -0.3 is 0 Å². The Morgan fingerprint density at radius 3 is 2.74 bits per heavy atom. The van der Waals surface area contributed by atoms with Crippen molar-refractivity contribution in [2.24, 2.45) is 5.10 Å². The van der Waals surface area contributed by atoms with E-state index in [9.17, 15) is 4.79 Å². The largest absolute Gasteiger partial charge is 0.272 e. The topological polar surface area (TPSA) is 67.2 Å². The quantitative estimate of drug-likeness (QED) is 0.581. The van der Waals surface area contributed by atoms with E-state index in [1.807, 2.05) is 24.3 Å². The maximum absolute atomic E-state index is 12.0. The van der Waals surface area contributed by atoms with Crippen LogP contribution in [0.2, 0.25) is 10.0 Å². The lowest BCUT2D eigenvalue weighted by molar-refractivity contribution is 0.0955. The molecule has 0 fully saturated rings. The highest BCUT2D eigenvalue weighted by Crippen LogP contribution is 2.20. The molecule has 0 aliphatic heterocycles. The molecule has 0 radical (unpaired) electrons. The van der Waals surface area contributed by atoms with Gasteiger partial charge in [0.05, 0.1) is 34.0 Å². The highest BCUT2D eigenvalue weighted by Gasteiger charge is 2.10. The zero-order valence-electron chi connectivity index (χ0n) is 11.7. The highest BCUT2D eigenvalue weighted by molar-refractivity contribution is 6.35. The summed E-state index contributed by atoms with van der Waals surface area (Å²) in [5.41, 5.74) is 4.70. The van der Waals surface area contributed by atoms with Crippen LogP contribution < -0.4 is 5.43 Å². The number of fused-ring (bicyclic) bond motifs is 1. The molecule has 23 heavy (non-hydrogen) atoms. The Balaban J connectivity index is 1.74. The average Bonchev–Trinajstić information content (AvgIpc) is 2.57. The van der Waals surface area contributed by atoms with Crippen LogP contribution in [0.1, 0.15) is 16.1 Å². The van der Waals surface area contributed by atoms with Gasteiger partial charge in [-0.15, -0.1) is 0 Å². The molecule has 0 spiro atoms. The minimum absolute atomic E-state index is 0.251. The summed E-state index contributed by atoms with van der Waals surface area (Å²) in [7, 11) is 0. The summed E-state index contributed by atoms with van der Waals surface area (Å²) < 4.78 is 0. The van der Waals surface area contributed by atoms with Crippen LogP contribution in [-0.2, 0) is 0 Å². The van der Waals surface area contributed by atoms with Gasteiger partial charge in [0.2, 0.25) is 0 Å². The lowest BCUT2D eigenvalue weighted by Crippen LogP contribution is -2.18. The van der Waals surface area contributed by atoms with E-state index in [4.69, 9.17) is 23.2 Å². The molecule has 0 aliphatic carbocycles. The van der Waals surface area contributed by atoms with Crippen LogP contribution in [-0.4, -0.2) is 22.1 Å². The SMILES string of the molecule is O=C(N/N=C\c1cnc2ccccc2n1)c1cc(Cl)ccc1Cl. The predicted molar refractivity (Wildman–Crippen MR) is 91.1 cm³/mol. The van der Waals surface area contributed by atoms with Gasteiger partial charge in [0, 0.05) is 5.02 Å². The lowest BCUT2D eigenvalue weighted by atomic mass is 10.2. The number of hydrazone groups is 1. The molecule has 1 amide bonds. The van der Waals surface area contributed by atoms with Gasteiger partial charge in [0.1, 0.15) is 5.69 Å². The summed E-state index contributed by atoms with van der Waals surface area (Å²) in [6.45, 7) is 0. The van der Waals surface area contributed by atoms with Crippen LogP contribution in [0, 0.1) is 0 Å². The van der Waals surface area contributed by atoms with E-state index in [1.54, 1.807) is 18.3 Å². The molecule has 3 rings (SSSR count). The second kappa shape index (κ2) is 6.73. The second-order valence-electron chi connectivity index (χ2n) is 4.61. The third-order valence-electron chi connectivity index (χ3n) is 3.00. The van der Waals surface area contributed by atoms with Gasteiger partial charge >= 0.3 is 0 Å². The molecular formula is C16H10Cl2N4O. The number of carbonyl (C=O) groups excluding carboxylic acids is 1. The highest BCUT2D eigenvalue weighted by atomic mass is 35.5. The van der Waals surface area contributed by atoms with Gasteiger partial charge in [0.25, 0.3) is 5.91 Å². The van der Waals surface area contributed by atoms with Crippen molar-refractivity contribution in [1.82, 2.24) is 15.4 Å². The number of rotatable bonds is 3. The van der Waals surface area contributed by atoms with Gasteiger partial charge in [-0.05, 0) is 30.3 Å². The molecule has 0 unspecified atom stereocenters. The van der Waals surface area contributed by atoms with Crippen molar-refractivity contribution in [2.45, 2.75) is 0 Å². The molecule has 1 aromatic heterocycles. The van der Waals surface area contributed by atoms with Gasteiger partial charge in [-0.3, -0.25) is 9.78 Å². The number of aromatic nitrogens is 2. The summed E-state index contributed by atoms with van der Waals surface area (Å²) in [4.78, 5) is 20.6. The number of halogens is 2. The zero-order valence-corrected chi connectivity index (χ0v) is 13.2. The van der Waals surface area contributed by atoms with E-state index >= 15 is 0 Å². The molecule has 3 aromatic rings. The van der Waals surface area contributed by atoms with Crippen LogP contribution in [0.4, 0.5) is 0 Å². The minimum atomic E-state index is -0.456. The first kappa shape index (κ1) is 15.4. The van der Waals surface area contributed by atoms with E-state index in [-0.39, 0.29) is 5.56 Å². The Hall–Kier alpha value is -2.50. The van der Waals surface area contributed by atoms with Crippen molar-refractivity contribution in [2.75, 3.05) is 0 Å². The molecule has 1 heterocycles. The Morgan fingerprint density at radius 1 is 1.13 bits per heavy atom. The number of hydrogen-bond acceptors (Lipinski definition) is 4. The van der Waals surface area contributed by atoms with Crippen molar-refractivity contribution in [3.05, 3.63) is 70.0 Å². The summed E-state index contributed by atoms with van der Waals surface area (Å²) >= 11 is 11.8. The first-order valence-corrected chi connectivity index (χ1v) is 7.39. The maximum atomic E-state index is 12.0. The standard InChI is InChI=1S/C16H10Cl2N4O/c17-10-5-6-13(18)12(7-10)16(23)22-20-9-11-8-19-14-3-1-2-4-15(14)21-11/h1-9H,(H,22,23)/b20-9-. The molecule has 114 valence electrons. The molecule has 5 nitrogen and oxygen atoms in total. The van der Waals surface area contributed by atoms with E-state index in [1.165, 1.54) is 12.3 Å². The molecule has 2 aromatic carbocycles. The zero-order chi connectivity index (χ0) is 16.2.